The highest BCUT2D eigenvalue weighted by molar-refractivity contribution is 5.81. The minimum absolute atomic E-state index is 0.0115. The molecule has 182 valence electrons. The fourth-order valence-corrected chi connectivity index (χ4v) is 3.21. The Hall–Kier alpha value is -3.68. The molecule has 0 radical (unpaired) electrons. The van der Waals surface area contributed by atoms with E-state index in [9.17, 15) is 19.2 Å². The zero-order chi connectivity index (χ0) is 24.8. The topological polar surface area (TPSA) is 111 Å². The summed E-state index contributed by atoms with van der Waals surface area (Å²) in [7, 11) is 0. The van der Waals surface area contributed by atoms with Gasteiger partial charge in [-0.05, 0) is 23.0 Å². The van der Waals surface area contributed by atoms with E-state index in [1.807, 2.05) is 74.5 Å². The van der Waals surface area contributed by atoms with Crippen LogP contribution in [0.1, 0.15) is 49.7 Å². The maximum atomic E-state index is 11.9. The summed E-state index contributed by atoms with van der Waals surface area (Å²) in [6.45, 7) is 3.38. The Morgan fingerprint density at radius 3 is 1.35 bits per heavy atom. The van der Waals surface area contributed by atoms with Crippen LogP contribution in [-0.4, -0.2) is 50.1 Å². The van der Waals surface area contributed by atoms with Gasteiger partial charge in [0.1, 0.15) is 0 Å². The Kier molecular flexibility index (Phi) is 11.3. The molecular formula is C26H32N2O6. The van der Waals surface area contributed by atoms with E-state index in [1.54, 1.807) is 0 Å². The molecule has 8 nitrogen and oxygen atoms in total. The molecule has 0 saturated heterocycles. The number of hydrogen-bond donors (Lipinski definition) is 2. The first-order valence-electron chi connectivity index (χ1n) is 11.3. The van der Waals surface area contributed by atoms with Crippen LogP contribution in [-0.2, 0) is 28.7 Å². The Bertz CT molecular complexity index is 855. The number of carbonyl (C=O) groups is 4. The predicted molar refractivity (Wildman–Crippen MR) is 127 cm³/mol. The van der Waals surface area contributed by atoms with Gasteiger partial charge in [-0.15, -0.1) is 0 Å². The van der Waals surface area contributed by atoms with E-state index < -0.39 is 23.8 Å². The minimum Gasteiger partial charge on any atom is -0.456 e. The van der Waals surface area contributed by atoms with Gasteiger partial charge in [0.25, 0.3) is 11.8 Å². The van der Waals surface area contributed by atoms with Crippen molar-refractivity contribution in [2.24, 2.45) is 0 Å². The summed E-state index contributed by atoms with van der Waals surface area (Å²) < 4.78 is 10.0. The van der Waals surface area contributed by atoms with Gasteiger partial charge in [-0.3, -0.25) is 19.2 Å². The van der Waals surface area contributed by atoms with Crippen LogP contribution in [0.2, 0.25) is 0 Å². The van der Waals surface area contributed by atoms with E-state index in [0.717, 1.165) is 11.1 Å². The number of benzene rings is 2. The van der Waals surface area contributed by atoms with E-state index in [-0.39, 0.29) is 51.0 Å². The van der Waals surface area contributed by atoms with Crippen LogP contribution in [0.4, 0.5) is 0 Å². The summed E-state index contributed by atoms with van der Waals surface area (Å²) in [5.41, 5.74) is 2.05. The second-order valence-electron chi connectivity index (χ2n) is 8.05. The van der Waals surface area contributed by atoms with Gasteiger partial charge in [0.05, 0.1) is 12.8 Å². The number of nitrogens with one attached hydrogen (secondary N) is 2. The normalized spacial score (nSPS) is 12.2. The van der Waals surface area contributed by atoms with Gasteiger partial charge in [0.2, 0.25) is 0 Å². The summed E-state index contributed by atoms with van der Waals surface area (Å²) >= 11 is 0. The summed E-state index contributed by atoms with van der Waals surface area (Å²) in [5.74, 6) is -1.86. The molecular weight excluding hydrogens is 436 g/mol. The Labute approximate surface area is 200 Å². The average Bonchev–Trinajstić information content (AvgIpc) is 2.85. The number of carbonyl (C=O) groups excluding carboxylic acids is 4. The zero-order valence-corrected chi connectivity index (χ0v) is 19.6. The van der Waals surface area contributed by atoms with Crippen molar-refractivity contribution in [2.45, 2.75) is 38.5 Å². The lowest BCUT2D eigenvalue weighted by Crippen LogP contribution is -2.38. The van der Waals surface area contributed by atoms with Crippen molar-refractivity contribution in [1.82, 2.24) is 10.6 Å². The SMILES string of the molecule is C[C@H](CC(=O)OCC(=O)NCCNC(=O)COC(=O)C[C@H](C)c1ccccc1)c1ccccc1. The molecule has 2 aromatic carbocycles. The molecule has 2 N–H and O–H groups in total. The molecule has 2 amide bonds. The van der Waals surface area contributed by atoms with Crippen LogP contribution in [0.5, 0.6) is 0 Å². The van der Waals surface area contributed by atoms with Crippen molar-refractivity contribution in [3.63, 3.8) is 0 Å². The molecule has 0 aliphatic carbocycles. The van der Waals surface area contributed by atoms with E-state index in [1.165, 1.54) is 0 Å². The second-order valence-corrected chi connectivity index (χ2v) is 8.05. The lowest BCUT2D eigenvalue weighted by molar-refractivity contribution is -0.149. The van der Waals surface area contributed by atoms with Gasteiger partial charge in [0, 0.05) is 13.1 Å². The third kappa shape index (κ3) is 10.3. The molecule has 0 bridgehead atoms. The monoisotopic (exact) mass is 468 g/mol. The summed E-state index contributed by atoms with van der Waals surface area (Å²) in [5, 5.41) is 5.10. The van der Waals surface area contributed by atoms with Crippen molar-refractivity contribution >= 4 is 23.8 Å². The van der Waals surface area contributed by atoms with Gasteiger partial charge in [-0.25, -0.2) is 0 Å². The Morgan fingerprint density at radius 2 is 1.00 bits per heavy atom. The molecule has 0 unspecified atom stereocenters. The highest BCUT2D eigenvalue weighted by Crippen LogP contribution is 2.19. The first-order valence-corrected chi connectivity index (χ1v) is 11.3. The smallest absolute Gasteiger partial charge is 0.306 e. The van der Waals surface area contributed by atoms with Crippen molar-refractivity contribution in [3.05, 3.63) is 71.8 Å². The van der Waals surface area contributed by atoms with Gasteiger partial charge < -0.3 is 20.1 Å². The van der Waals surface area contributed by atoms with Crippen LogP contribution in [0, 0.1) is 0 Å². The van der Waals surface area contributed by atoms with Crippen LogP contribution >= 0.6 is 0 Å². The number of rotatable bonds is 13. The Morgan fingerprint density at radius 1 is 0.647 bits per heavy atom. The molecule has 0 aromatic heterocycles. The maximum Gasteiger partial charge on any atom is 0.306 e. The number of amides is 2. The summed E-state index contributed by atoms with van der Waals surface area (Å²) in [6.07, 6.45) is 0.354. The fourth-order valence-electron chi connectivity index (χ4n) is 3.21. The van der Waals surface area contributed by atoms with E-state index in [2.05, 4.69) is 10.6 Å². The van der Waals surface area contributed by atoms with Crippen molar-refractivity contribution in [3.8, 4) is 0 Å². The van der Waals surface area contributed by atoms with Crippen molar-refractivity contribution < 1.29 is 28.7 Å². The molecule has 0 saturated carbocycles. The van der Waals surface area contributed by atoms with Gasteiger partial charge in [0.15, 0.2) is 13.2 Å². The molecule has 0 heterocycles. The van der Waals surface area contributed by atoms with E-state index in [4.69, 9.17) is 9.47 Å². The summed E-state index contributed by atoms with van der Waals surface area (Å²) in [4.78, 5) is 47.5. The second kappa shape index (κ2) is 14.5. The van der Waals surface area contributed by atoms with Crippen LogP contribution < -0.4 is 10.6 Å². The molecule has 2 aromatic rings. The first kappa shape index (κ1) is 26.6. The molecule has 0 fully saturated rings. The zero-order valence-electron chi connectivity index (χ0n) is 19.6. The third-order valence-corrected chi connectivity index (χ3v) is 5.18. The molecule has 0 aliphatic rings. The minimum atomic E-state index is -0.462. The van der Waals surface area contributed by atoms with E-state index >= 15 is 0 Å². The summed E-state index contributed by atoms with van der Waals surface area (Å²) in [6, 6.07) is 19.2. The first-order chi connectivity index (χ1) is 16.3. The average molecular weight is 469 g/mol. The van der Waals surface area contributed by atoms with E-state index in [0.29, 0.717) is 0 Å². The molecule has 0 aliphatic heterocycles. The molecule has 8 heteroatoms. The molecule has 2 rings (SSSR count). The number of esters is 2. The lowest BCUT2D eigenvalue weighted by atomic mass is 9.98. The highest BCUT2D eigenvalue weighted by atomic mass is 16.5. The quantitative estimate of drug-likeness (QED) is 0.345. The number of ether oxygens (including phenoxy) is 2. The standard InChI is InChI=1S/C26H32N2O6/c1-19(21-9-5-3-6-10-21)15-25(31)33-17-23(29)27-13-14-28-24(30)18-34-26(32)16-20(2)22-11-7-4-8-12-22/h3-12,19-20H,13-18H2,1-2H3,(H,27,29)(H,28,30)/t19-,20+. The highest BCUT2D eigenvalue weighted by Gasteiger charge is 2.15. The Balaban J connectivity index is 1.52. The van der Waals surface area contributed by atoms with Gasteiger partial charge >= 0.3 is 11.9 Å². The largest absolute Gasteiger partial charge is 0.456 e. The molecule has 34 heavy (non-hydrogen) atoms. The molecule has 2 atom stereocenters. The van der Waals surface area contributed by atoms with Crippen molar-refractivity contribution in [2.75, 3.05) is 26.3 Å². The van der Waals surface area contributed by atoms with Crippen molar-refractivity contribution in [1.29, 1.82) is 0 Å². The van der Waals surface area contributed by atoms with Crippen LogP contribution in [0.25, 0.3) is 0 Å². The lowest BCUT2D eigenvalue weighted by Gasteiger charge is -2.12. The maximum absolute atomic E-state index is 11.9. The predicted octanol–water partition coefficient (Wildman–Crippen LogP) is 2.69. The van der Waals surface area contributed by atoms with Crippen LogP contribution in [0.15, 0.2) is 60.7 Å². The fraction of sp³-hybridized carbons (Fsp3) is 0.385. The van der Waals surface area contributed by atoms with Gasteiger partial charge in [-0.2, -0.15) is 0 Å². The molecule has 0 spiro atoms. The third-order valence-electron chi connectivity index (χ3n) is 5.18. The number of hydrogen-bond acceptors (Lipinski definition) is 6. The van der Waals surface area contributed by atoms with Crippen LogP contribution in [0.3, 0.4) is 0 Å². The van der Waals surface area contributed by atoms with Gasteiger partial charge in [-0.1, -0.05) is 74.5 Å².